The third-order valence-electron chi connectivity index (χ3n) is 5.43. The van der Waals surface area contributed by atoms with E-state index in [4.69, 9.17) is 0 Å². The summed E-state index contributed by atoms with van der Waals surface area (Å²) in [7, 11) is 0. The van der Waals surface area contributed by atoms with Gasteiger partial charge in [0.1, 0.15) is 0 Å². The van der Waals surface area contributed by atoms with Gasteiger partial charge in [0.25, 0.3) is 0 Å². The van der Waals surface area contributed by atoms with Gasteiger partial charge >= 0.3 is 0 Å². The van der Waals surface area contributed by atoms with Gasteiger partial charge in [0.2, 0.25) is 0 Å². The third-order valence-corrected chi connectivity index (χ3v) is 5.43. The predicted octanol–water partition coefficient (Wildman–Crippen LogP) is 3.55. The van der Waals surface area contributed by atoms with E-state index in [9.17, 15) is 5.11 Å². The highest BCUT2D eigenvalue weighted by atomic mass is 16.3. The molecule has 2 heteroatoms. The van der Waals surface area contributed by atoms with Crippen LogP contribution in [0.3, 0.4) is 0 Å². The van der Waals surface area contributed by atoms with Crippen molar-refractivity contribution in [2.24, 2.45) is 5.92 Å². The highest BCUT2D eigenvalue weighted by molar-refractivity contribution is 5.38. The smallest absolute Gasteiger partial charge is 0.0474 e. The van der Waals surface area contributed by atoms with E-state index in [1.165, 1.54) is 43.2 Å². The second-order valence-electron chi connectivity index (χ2n) is 7.21. The van der Waals surface area contributed by atoms with E-state index < -0.39 is 0 Å². The molecular formula is C18H27NO. The Morgan fingerprint density at radius 3 is 2.80 bits per heavy atom. The summed E-state index contributed by atoms with van der Waals surface area (Å²) in [5, 5.41) is 13.4. The molecule has 1 aromatic rings. The summed E-state index contributed by atoms with van der Waals surface area (Å²) in [5.74, 6) is 0.456. The largest absolute Gasteiger partial charge is 0.396 e. The molecule has 0 aliphatic heterocycles. The second-order valence-corrected chi connectivity index (χ2v) is 7.21. The average Bonchev–Trinajstić information content (AvgIpc) is 2.90. The minimum atomic E-state index is 0.292. The van der Waals surface area contributed by atoms with Crippen molar-refractivity contribution in [1.82, 2.24) is 5.32 Å². The molecule has 0 radical (unpaired) electrons. The average molecular weight is 273 g/mol. The van der Waals surface area contributed by atoms with Crippen LogP contribution >= 0.6 is 0 Å². The van der Waals surface area contributed by atoms with Gasteiger partial charge in [0, 0.05) is 18.7 Å². The Balaban J connectivity index is 1.82. The highest BCUT2D eigenvalue weighted by Gasteiger charge is 2.35. The van der Waals surface area contributed by atoms with E-state index >= 15 is 0 Å². The van der Waals surface area contributed by atoms with Crippen LogP contribution in [0.4, 0.5) is 0 Å². The first kappa shape index (κ1) is 14.1. The van der Waals surface area contributed by atoms with E-state index in [2.05, 4.69) is 43.4 Å². The zero-order valence-corrected chi connectivity index (χ0v) is 12.7. The van der Waals surface area contributed by atoms with Crippen LogP contribution in [0.2, 0.25) is 0 Å². The normalized spacial score (nSPS) is 32.0. The van der Waals surface area contributed by atoms with Gasteiger partial charge in [-0.15, -0.1) is 0 Å². The minimum absolute atomic E-state index is 0.292. The molecule has 2 aliphatic rings. The summed E-state index contributed by atoms with van der Waals surface area (Å²) in [6, 6.07) is 9.87. The molecule has 1 fully saturated rings. The van der Waals surface area contributed by atoms with Gasteiger partial charge < -0.3 is 10.4 Å². The van der Waals surface area contributed by atoms with Gasteiger partial charge in [0.15, 0.2) is 0 Å². The molecule has 0 bridgehead atoms. The van der Waals surface area contributed by atoms with E-state index in [1.807, 2.05) is 0 Å². The van der Waals surface area contributed by atoms with Crippen molar-refractivity contribution in [3.8, 4) is 0 Å². The summed E-state index contributed by atoms with van der Waals surface area (Å²) >= 11 is 0. The van der Waals surface area contributed by atoms with Crippen LogP contribution in [-0.4, -0.2) is 17.8 Å². The third kappa shape index (κ3) is 2.51. The molecule has 1 aromatic carbocycles. The fourth-order valence-corrected chi connectivity index (χ4v) is 4.12. The number of hydrogen-bond donors (Lipinski definition) is 2. The molecule has 0 saturated heterocycles. The molecule has 1 saturated carbocycles. The zero-order valence-electron chi connectivity index (χ0n) is 12.7. The molecular weight excluding hydrogens is 246 g/mol. The molecule has 3 atom stereocenters. The monoisotopic (exact) mass is 273 g/mol. The van der Waals surface area contributed by atoms with E-state index in [-0.39, 0.29) is 0 Å². The van der Waals surface area contributed by atoms with Crippen molar-refractivity contribution in [2.75, 3.05) is 6.61 Å². The van der Waals surface area contributed by atoms with Crippen molar-refractivity contribution in [3.05, 3.63) is 35.4 Å². The summed E-state index contributed by atoms with van der Waals surface area (Å²) in [6.45, 7) is 5.04. The van der Waals surface area contributed by atoms with E-state index in [1.54, 1.807) is 0 Å². The first-order valence-corrected chi connectivity index (χ1v) is 8.08. The lowest BCUT2D eigenvalue weighted by molar-refractivity contribution is 0.194. The van der Waals surface area contributed by atoms with Crippen LogP contribution in [0, 0.1) is 5.92 Å². The Bertz CT molecular complexity index is 468. The van der Waals surface area contributed by atoms with Crippen molar-refractivity contribution in [1.29, 1.82) is 0 Å². The van der Waals surface area contributed by atoms with Crippen molar-refractivity contribution in [2.45, 2.75) is 63.5 Å². The fraction of sp³-hybridized carbons (Fsp3) is 0.667. The van der Waals surface area contributed by atoms with E-state index in [0.717, 1.165) is 0 Å². The van der Waals surface area contributed by atoms with Crippen LogP contribution in [0.5, 0.6) is 0 Å². The van der Waals surface area contributed by atoms with Crippen molar-refractivity contribution < 1.29 is 5.11 Å². The maximum atomic E-state index is 9.50. The first-order valence-electron chi connectivity index (χ1n) is 8.08. The number of nitrogens with one attached hydrogen (secondary N) is 1. The number of benzene rings is 1. The number of fused-ring (bicyclic) bond motifs is 1. The highest BCUT2D eigenvalue weighted by Crippen LogP contribution is 2.42. The quantitative estimate of drug-likeness (QED) is 0.882. The molecule has 3 unspecified atom stereocenters. The molecule has 3 rings (SSSR count). The summed E-state index contributed by atoms with van der Waals surface area (Å²) in [5.41, 5.74) is 3.27. The van der Waals surface area contributed by atoms with Gasteiger partial charge in [-0.25, -0.2) is 0 Å². The Kier molecular flexibility index (Phi) is 3.87. The van der Waals surface area contributed by atoms with Crippen LogP contribution in [0.15, 0.2) is 24.3 Å². The summed E-state index contributed by atoms with van der Waals surface area (Å²) in [6.07, 6.45) is 6.08. The number of hydrogen-bond acceptors (Lipinski definition) is 2. The number of aliphatic hydroxyl groups is 1. The van der Waals surface area contributed by atoms with Gasteiger partial charge in [-0.1, -0.05) is 44.5 Å². The molecule has 20 heavy (non-hydrogen) atoms. The predicted molar refractivity (Wildman–Crippen MR) is 82.8 cm³/mol. The zero-order chi connectivity index (χ0) is 14.2. The second kappa shape index (κ2) is 5.50. The number of aliphatic hydroxyl groups excluding tert-OH is 1. The fourth-order valence-electron chi connectivity index (χ4n) is 4.12. The molecule has 0 spiro atoms. The lowest BCUT2D eigenvalue weighted by Gasteiger charge is -2.39. The van der Waals surface area contributed by atoms with E-state index in [0.29, 0.717) is 30.0 Å². The lowest BCUT2D eigenvalue weighted by atomic mass is 9.71. The van der Waals surface area contributed by atoms with Crippen molar-refractivity contribution >= 4 is 0 Å². The van der Waals surface area contributed by atoms with Gasteiger partial charge in [0.05, 0.1) is 0 Å². The summed E-state index contributed by atoms with van der Waals surface area (Å²) in [4.78, 5) is 0. The Labute approximate surface area is 122 Å². The van der Waals surface area contributed by atoms with Crippen LogP contribution < -0.4 is 5.32 Å². The minimum Gasteiger partial charge on any atom is -0.396 e. The lowest BCUT2D eigenvalue weighted by Crippen LogP contribution is -2.40. The Morgan fingerprint density at radius 1 is 1.20 bits per heavy atom. The molecule has 0 aromatic heterocycles. The van der Waals surface area contributed by atoms with Gasteiger partial charge in [-0.3, -0.25) is 0 Å². The maximum absolute atomic E-state index is 9.50. The topological polar surface area (TPSA) is 32.3 Å². The molecule has 0 heterocycles. The molecule has 0 amide bonds. The van der Waals surface area contributed by atoms with Crippen LogP contribution in [0.25, 0.3) is 0 Å². The van der Waals surface area contributed by atoms with Crippen LogP contribution in [-0.2, 0) is 5.41 Å². The van der Waals surface area contributed by atoms with Gasteiger partial charge in [-0.2, -0.15) is 0 Å². The summed E-state index contributed by atoms with van der Waals surface area (Å²) < 4.78 is 0. The van der Waals surface area contributed by atoms with Crippen LogP contribution in [0.1, 0.15) is 63.1 Å². The maximum Gasteiger partial charge on any atom is 0.0474 e. The Hall–Kier alpha value is -0.860. The van der Waals surface area contributed by atoms with Crippen molar-refractivity contribution in [3.63, 3.8) is 0 Å². The number of rotatable bonds is 3. The Morgan fingerprint density at radius 2 is 2.00 bits per heavy atom. The molecule has 2 aliphatic carbocycles. The standard InChI is InChI=1S/C18H27NO/c1-18(2)11-10-17(14-7-3-4-8-15(14)18)19-16-9-5-6-13(16)12-20/h3-4,7-8,13,16-17,19-20H,5-6,9-12H2,1-2H3. The molecule has 2 nitrogen and oxygen atoms in total. The SMILES string of the molecule is CC1(C)CCC(NC2CCCC2CO)c2ccccc21. The van der Waals surface area contributed by atoms with Gasteiger partial charge in [-0.05, 0) is 48.1 Å². The molecule has 110 valence electrons. The first-order chi connectivity index (χ1) is 9.62. The molecule has 2 N–H and O–H groups in total.